The number of nitrogen functional groups attached to an aromatic ring is 2. The van der Waals surface area contributed by atoms with Crippen molar-refractivity contribution in [2.75, 3.05) is 44.3 Å². The number of carbonyl (C=O) groups is 5. The van der Waals surface area contributed by atoms with E-state index in [2.05, 4.69) is 35.9 Å². The van der Waals surface area contributed by atoms with Gasteiger partial charge in [-0.1, -0.05) is 36.6 Å². The minimum absolute atomic E-state index is 0.0911. The molecule has 0 saturated heterocycles. The standard InChI is InChI=1S/C45H72ClN11O9/c1-29(52-40(60)64-43(2,3)4)17-12-11-13-19-32(53-41(61)65-44(5,6)7)37(58)50-25-16-26-57(42(62)66-45(8,9)10)27-28-63-31-22-20-30(21-23-31)18-14-15-24-51-39(49)56-38(59)33-35(47)55-36(48)34(46)54-33/h20-23,32H,11-19,24-28H2,1-10H3,(H,50,58)(H,53,61)(H4,47,48,55)(H3,49,51,56,59)/t32-/m0/s1. The predicted molar refractivity (Wildman–Crippen MR) is 256 cm³/mol. The van der Waals surface area contributed by atoms with Crippen LogP contribution in [0.4, 0.5) is 26.0 Å². The van der Waals surface area contributed by atoms with Gasteiger partial charge in [0.05, 0.1) is 6.54 Å². The van der Waals surface area contributed by atoms with E-state index in [-0.39, 0.29) is 60.6 Å². The van der Waals surface area contributed by atoms with Gasteiger partial charge in [0, 0.05) is 25.3 Å². The summed E-state index contributed by atoms with van der Waals surface area (Å²) in [5.41, 5.74) is 16.5. The Hall–Kier alpha value is -5.92. The lowest BCUT2D eigenvalue weighted by Gasteiger charge is -2.27. The highest BCUT2D eigenvalue weighted by Gasteiger charge is 2.26. The fourth-order valence-corrected chi connectivity index (χ4v) is 5.96. The highest BCUT2D eigenvalue weighted by Crippen LogP contribution is 2.18. The first-order valence-electron chi connectivity index (χ1n) is 22.1. The number of aromatic nitrogens is 2. The summed E-state index contributed by atoms with van der Waals surface area (Å²) in [5.74, 6) is -0.820. The Balaban J connectivity index is 1.87. The molecular formula is C45H72ClN11O9. The van der Waals surface area contributed by atoms with Crippen molar-refractivity contribution in [2.45, 2.75) is 150 Å². The number of nitrogens with zero attached hydrogens (tertiary/aromatic N) is 5. The first-order chi connectivity index (χ1) is 30.7. The molecule has 0 aliphatic heterocycles. The molecule has 5 amide bonds. The van der Waals surface area contributed by atoms with Gasteiger partial charge in [-0.25, -0.2) is 24.4 Å². The van der Waals surface area contributed by atoms with E-state index in [0.717, 1.165) is 31.2 Å². The largest absolute Gasteiger partial charge is 0.492 e. The Morgan fingerprint density at radius 1 is 0.803 bits per heavy atom. The summed E-state index contributed by atoms with van der Waals surface area (Å²) in [6, 6.07) is 6.78. The number of amides is 5. The second kappa shape index (κ2) is 26.9. The molecule has 66 heavy (non-hydrogen) atoms. The van der Waals surface area contributed by atoms with Crippen LogP contribution in [0.5, 0.6) is 5.75 Å². The van der Waals surface area contributed by atoms with Gasteiger partial charge in [0.25, 0.3) is 5.91 Å². The number of hydrogen-bond acceptors (Lipinski definition) is 14. The molecule has 0 fully saturated rings. The highest BCUT2D eigenvalue weighted by molar-refractivity contribution is 6.31. The van der Waals surface area contributed by atoms with Crippen LogP contribution in [0.25, 0.3) is 0 Å². The van der Waals surface area contributed by atoms with Gasteiger partial charge < -0.3 is 51.7 Å². The Morgan fingerprint density at radius 2 is 1.45 bits per heavy atom. The van der Waals surface area contributed by atoms with E-state index in [9.17, 15) is 24.0 Å². The van der Waals surface area contributed by atoms with Gasteiger partial charge in [0.15, 0.2) is 28.4 Å². The molecule has 0 radical (unpaired) electrons. The molecule has 21 heteroatoms. The van der Waals surface area contributed by atoms with Gasteiger partial charge in [0.1, 0.15) is 35.2 Å². The third-order valence-electron chi connectivity index (χ3n) is 8.84. The number of ether oxygens (including phenoxy) is 4. The van der Waals surface area contributed by atoms with E-state index in [1.807, 2.05) is 24.3 Å². The van der Waals surface area contributed by atoms with Crippen molar-refractivity contribution in [2.24, 2.45) is 15.7 Å². The van der Waals surface area contributed by atoms with Crippen LogP contribution in [0, 0.1) is 0 Å². The molecule has 368 valence electrons. The molecule has 2 rings (SSSR count). The number of unbranched alkanes of at least 4 members (excludes halogenated alkanes) is 3. The maximum Gasteiger partial charge on any atom is 0.434 e. The fourth-order valence-electron chi connectivity index (χ4n) is 5.84. The summed E-state index contributed by atoms with van der Waals surface area (Å²) in [6.07, 6.45) is 3.87. The highest BCUT2D eigenvalue weighted by atomic mass is 35.5. The normalized spacial score (nSPS) is 12.7. The third-order valence-corrected chi connectivity index (χ3v) is 9.12. The van der Waals surface area contributed by atoms with E-state index in [1.54, 1.807) is 69.2 Å². The van der Waals surface area contributed by atoms with E-state index in [0.29, 0.717) is 50.1 Å². The quantitative estimate of drug-likeness (QED) is 0.0309. The first kappa shape index (κ1) is 56.2. The van der Waals surface area contributed by atoms with Crippen molar-refractivity contribution in [3.8, 4) is 5.75 Å². The van der Waals surface area contributed by atoms with Gasteiger partial charge >= 0.3 is 18.3 Å². The van der Waals surface area contributed by atoms with Crippen molar-refractivity contribution < 1.29 is 42.9 Å². The number of nitrogens with two attached hydrogens (primary N) is 3. The van der Waals surface area contributed by atoms with Gasteiger partial charge in [-0.05, 0) is 132 Å². The SMILES string of the molecule is CC(CCCCC[C@H](NC(=O)OC(C)(C)C)C(=O)NCCCN(CCOc1ccc(CCCCN=C(N)NC(=O)c2nc(Cl)c(N)nc2N)cc1)C(=O)OC(C)(C)C)=NC(=O)OC(C)(C)C. The number of guanidine groups is 1. The molecule has 20 nitrogen and oxygen atoms in total. The number of benzene rings is 1. The number of aryl methyl sites for hydroxylation is 1. The Morgan fingerprint density at radius 3 is 2.09 bits per heavy atom. The second-order valence-electron chi connectivity index (χ2n) is 18.5. The Labute approximate surface area is 393 Å². The van der Waals surface area contributed by atoms with Crippen LogP contribution in [0.1, 0.15) is 137 Å². The molecule has 2 aromatic rings. The van der Waals surface area contributed by atoms with Crippen LogP contribution < -0.4 is 37.9 Å². The second-order valence-corrected chi connectivity index (χ2v) is 18.9. The van der Waals surface area contributed by atoms with Crippen molar-refractivity contribution in [1.29, 1.82) is 0 Å². The number of anilines is 2. The predicted octanol–water partition coefficient (Wildman–Crippen LogP) is 6.72. The minimum atomic E-state index is -0.849. The monoisotopic (exact) mass is 946 g/mol. The molecule has 0 spiro atoms. The molecule has 0 aliphatic carbocycles. The topological polar surface area (TPSA) is 290 Å². The van der Waals surface area contributed by atoms with E-state index in [4.69, 9.17) is 47.7 Å². The fraction of sp³-hybridized carbons (Fsp3) is 0.622. The van der Waals surface area contributed by atoms with Crippen LogP contribution in [-0.4, -0.2) is 112 Å². The number of aliphatic imine (C=N–C) groups is 2. The maximum atomic E-state index is 13.4. The van der Waals surface area contributed by atoms with Crippen molar-refractivity contribution in [3.63, 3.8) is 0 Å². The zero-order chi connectivity index (χ0) is 49.7. The van der Waals surface area contributed by atoms with Crippen LogP contribution >= 0.6 is 11.6 Å². The zero-order valence-corrected chi connectivity index (χ0v) is 41.1. The zero-order valence-electron chi connectivity index (χ0n) is 40.3. The number of carbonyl (C=O) groups excluding carboxylic acids is 5. The average Bonchev–Trinajstić information content (AvgIpc) is 3.17. The summed E-state index contributed by atoms with van der Waals surface area (Å²) in [4.78, 5) is 81.0. The van der Waals surface area contributed by atoms with Gasteiger partial charge in [-0.3, -0.25) is 19.9 Å². The van der Waals surface area contributed by atoms with Gasteiger partial charge in [-0.2, -0.15) is 4.99 Å². The molecule has 0 saturated carbocycles. The number of rotatable bonds is 22. The number of nitrogens with one attached hydrogen (secondary N) is 3. The maximum absolute atomic E-state index is 13.4. The summed E-state index contributed by atoms with van der Waals surface area (Å²) in [5, 5.41) is 7.85. The van der Waals surface area contributed by atoms with E-state index < -0.39 is 47.0 Å². The summed E-state index contributed by atoms with van der Waals surface area (Å²) < 4.78 is 22.3. The average molecular weight is 947 g/mol. The van der Waals surface area contributed by atoms with Gasteiger partial charge in [-0.15, -0.1) is 0 Å². The molecule has 9 N–H and O–H groups in total. The van der Waals surface area contributed by atoms with Crippen LogP contribution in [0.2, 0.25) is 5.15 Å². The van der Waals surface area contributed by atoms with Crippen LogP contribution in [-0.2, 0) is 25.4 Å². The number of hydrogen-bond donors (Lipinski definition) is 6. The molecule has 0 bridgehead atoms. The number of alkyl carbamates (subject to hydrolysis) is 1. The summed E-state index contributed by atoms with van der Waals surface area (Å²) in [6.45, 7) is 19.0. The van der Waals surface area contributed by atoms with Crippen molar-refractivity contribution in [3.05, 3.63) is 40.7 Å². The Kier molecular flexibility index (Phi) is 22.9. The minimum Gasteiger partial charge on any atom is -0.492 e. The van der Waals surface area contributed by atoms with Crippen molar-refractivity contribution >= 4 is 65.0 Å². The smallest absolute Gasteiger partial charge is 0.434 e. The summed E-state index contributed by atoms with van der Waals surface area (Å²) in [7, 11) is 0. The van der Waals surface area contributed by atoms with Crippen LogP contribution in [0.3, 0.4) is 0 Å². The molecule has 1 atom stereocenters. The van der Waals surface area contributed by atoms with E-state index >= 15 is 0 Å². The first-order valence-corrected chi connectivity index (χ1v) is 22.5. The number of halogens is 1. The van der Waals surface area contributed by atoms with Crippen LogP contribution in [0.15, 0.2) is 34.3 Å². The lowest BCUT2D eigenvalue weighted by atomic mass is 10.1. The summed E-state index contributed by atoms with van der Waals surface area (Å²) >= 11 is 5.84. The van der Waals surface area contributed by atoms with E-state index in [1.165, 1.54) is 4.90 Å². The lowest BCUT2D eigenvalue weighted by molar-refractivity contribution is -0.123. The molecule has 1 aromatic carbocycles. The molecule has 1 heterocycles. The molecule has 0 aliphatic rings. The lowest BCUT2D eigenvalue weighted by Crippen LogP contribution is -2.48. The van der Waals surface area contributed by atoms with Gasteiger partial charge in [0.2, 0.25) is 5.91 Å². The molecule has 0 unspecified atom stereocenters. The third kappa shape index (κ3) is 24.4. The molecule has 1 aromatic heterocycles. The Bertz CT molecular complexity index is 1980. The van der Waals surface area contributed by atoms with Crippen molar-refractivity contribution in [1.82, 2.24) is 30.8 Å². The molecular weight excluding hydrogens is 874 g/mol.